The molecule has 0 aliphatic carbocycles. The first kappa shape index (κ1) is 17.7. The maximum Gasteiger partial charge on any atom is 0.276 e. The molecule has 0 unspecified atom stereocenters. The van der Waals surface area contributed by atoms with Gasteiger partial charge in [-0.3, -0.25) is 14.9 Å². The van der Waals surface area contributed by atoms with Gasteiger partial charge in [0.2, 0.25) is 0 Å². The zero-order chi connectivity index (χ0) is 19.5. The Bertz CT molecular complexity index is 994. The number of carbonyl (C=O) groups excluding carboxylic acids is 1. The Balaban J connectivity index is 1.41. The minimum atomic E-state index is -0.405. The van der Waals surface area contributed by atoms with Crippen LogP contribution in [-0.2, 0) is 0 Å². The van der Waals surface area contributed by atoms with Gasteiger partial charge in [-0.15, -0.1) is 0 Å². The number of nitro benzene ring substituents is 1. The van der Waals surface area contributed by atoms with E-state index >= 15 is 0 Å². The fourth-order valence-electron chi connectivity index (χ4n) is 3.25. The van der Waals surface area contributed by atoms with Crippen molar-refractivity contribution in [3.05, 3.63) is 76.5 Å². The third-order valence-corrected chi connectivity index (χ3v) is 4.76. The fraction of sp³-hybridized carbons (Fsp3) is 0.200. The van der Waals surface area contributed by atoms with E-state index in [2.05, 4.69) is 5.16 Å². The number of carbonyl (C=O) groups is 1. The van der Waals surface area contributed by atoms with Crippen molar-refractivity contribution >= 4 is 17.3 Å². The highest BCUT2D eigenvalue weighted by Crippen LogP contribution is 2.24. The first-order chi connectivity index (χ1) is 13.6. The number of hydrogen-bond acceptors (Lipinski definition) is 6. The highest BCUT2D eigenvalue weighted by atomic mass is 16.6. The number of nitrogens with zero attached hydrogens (tertiary/aromatic N) is 4. The molecule has 1 amide bonds. The zero-order valence-corrected chi connectivity index (χ0v) is 15.0. The topological polar surface area (TPSA) is 92.7 Å². The molecule has 8 nitrogen and oxygen atoms in total. The van der Waals surface area contributed by atoms with Gasteiger partial charge in [0.15, 0.2) is 11.5 Å². The van der Waals surface area contributed by atoms with Crippen LogP contribution in [0.15, 0.2) is 65.2 Å². The van der Waals surface area contributed by atoms with Crippen molar-refractivity contribution in [1.29, 1.82) is 0 Å². The van der Waals surface area contributed by atoms with E-state index in [4.69, 9.17) is 4.52 Å². The van der Waals surface area contributed by atoms with Gasteiger partial charge >= 0.3 is 0 Å². The molecule has 3 aromatic rings. The summed E-state index contributed by atoms with van der Waals surface area (Å²) in [6.45, 7) is 2.21. The Morgan fingerprint density at radius 3 is 2.46 bits per heavy atom. The molecule has 0 N–H and O–H groups in total. The largest absolute Gasteiger partial charge is 0.368 e. The van der Waals surface area contributed by atoms with Gasteiger partial charge in [0.1, 0.15) is 0 Å². The highest BCUT2D eigenvalue weighted by molar-refractivity contribution is 5.93. The van der Waals surface area contributed by atoms with Crippen molar-refractivity contribution in [2.24, 2.45) is 0 Å². The molecule has 142 valence electrons. The van der Waals surface area contributed by atoms with E-state index in [1.54, 1.807) is 23.1 Å². The molecule has 1 aliphatic heterocycles. The SMILES string of the molecule is O=C(c1cc(-c2ccccc2)on1)N1CCN(c2cccc([N+](=O)[O-])c2)CC1. The number of benzene rings is 2. The molecule has 0 radical (unpaired) electrons. The average Bonchev–Trinajstić information content (AvgIpc) is 3.24. The number of rotatable bonds is 4. The Morgan fingerprint density at radius 2 is 1.75 bits per heavy atom. The number of aromatic nitrogens is 1. The van der Waals surface area contributed by atoms with Crippen LogP contribution < -0.4 is 4.90 Å². The molecular weight excluding hydrogens is 360 g/mol. The number of non-ortho nitro benzene ring substituents is 1. The van der Waals surface area contributed by atoms with E-state index in [-0.39, 0.29) is 17.3 Å². The molecule has 0 bridgehead atoms. The lowest BCUT2D eigenvalue weighted by molar-refractivity contribution is -0.384. The second-order valence-electron chi connectivity index (χ2n) is 6.50. The molecule has 0 spiro atoms. The second-order valence-corrected chi connectivity index (χ2v) is 6.50. The summed E-state index contributed by atoms with van der Waals surface area (Å²) in [5.41, 5.74) is 1.99. The lowest BCUT2D eigenvalue weighted by atomic mass is 10.1. The van der Waals surface area contributed by atoms with E-state index < -0.39 is 4.92 Å². The van der Waals surface area contributed by atoms with Gasteiger partial charge in [-0.1, -0.05) is 41.6 Å². The second kappa shape index (κ2) is 7.51. The van der Waals surface area contributed by atoms with Gasteiger partial charge < -0.3 is 14.3 Å². The minimum Gasteiger partial charge on any atom is -0.368 e. The molecule has 28 heavy (non-hydrogen) atoms. The minimum absolute atomic E-state index is 0.0621. The van der Waals surface area contributed by atoms with E-state index in [9.17, 15) is 14.9 Å². The van der Waals surface area contributed by atoms with Crippen LogP contribution in [0.4, 0.5) is 11.4 Å². The first-order valence-electron chi connectivity index (χ1n) is 8.92. The average molecular weight is 378 g/mol. The Hall–Kier alpha value is -3.68. The normalized spacial score (nSPS) is 14.1. The van der Waals surface area contributed by atoms with Crippen LogP contribution in [0.1, 0.15) is 10.5 Å². The molecule has 1 saturated heterocycles. The van der Waals surface area contributed by atoms with Crippen molar-refractivity contribution in [2.45, 2.75) is 0 Å². The van der Waals surface area contributed by atoms with Crippen LogP contribution in [0.5, 0.6) is 0 Å². The van der Waals surface area contributed by atoms with Crippen molar-refractivity contribution in [2.75, 3.05) is 31.1 Å². The number of nitro groups is 1. The lowest BCUT2D eigenvalue weighted by Gasteiger charge is -2.35. The van der Waals surface area contributed by atoms with Crippen LogP contribution in [0.3, 0.4) is 0 Å². The monoisotopic (exact) mass is 378 g/mol. The summed E-state index contributed by atoms with van der Waals surface area (Å²) in [7, 11) is 0. The molecule has 0 saturated carbocycles. The molecule has 1 aliphatic rings. The Labute approximate surface area is 161 Å². The van der Waals surface area contributed by atoms with Gasteiger partial charge in [-0.05, 0) is 6.07 Å². The summed E-state index contributed by atoms with van der Waals surface area (Å²) < 4.78 is 5.32. The van der Waals surface area contributed by atoms with Crippen LogP contribution in [0.25, 0.3) is 11.3 Å². The standard InChI is InChI=1S/C20H18N4O4/c25-20(18-14-19(28-21-18)15-5-2-1-3-6-15)23-11-9-22(10-12-23)16-7-4-8-17(13-16)24(26)27/h1-8,13-14H,9-12H2. The van der Waals surface area contributed by atoms with Gasteiger partial charge in [-0.25, -0.2) is 0 Å². The number of amides is 1. The first-order valence-corrected chi connectivity index (χ1v) is 8.92. The molecule has 2 heterocycles. The van der Waals surface area contributed by atoms with Crippen LogP contribution >= 0.6 is 0 Å². The quantitative estimate of drug-likeness (QED) is 0.511. The van der Waals surface area contributed by atoms with E-state index in [0.29, 0.717) is 31.9 Å². The summed E-state index contributed by atoms with van der Waals surface area (Å²) in [6.07, 6.45) is 0. The zero-order valence-electron chi connectivity index (χ0n) is 15.0. The summed E-state index contributed by atoms with van der Waals surface area (Å²) >= 11 is 0. The molecule has 1 fully saturated rings. The van der Waals surface area contributed by atoms with Crippen molar-refractivity contribution in [3.8, 4) is 11.3 Å². The van der Waals surface area contributed by atoms with Crippen molar-refractivity contribution < 1.29 is 14.2 Å². The smallest absolute Gasteiger partial charge is 0.276 e. The summed E-state index contributed by atoms with van der Waals surface area (Å²) in [6, 6.07) is 17.7. The Kier molecular flexibility index (Phi) is 4.76. The molecule has 8 heteroatoms. The number of anilines is 1. The third kappa shape index (κ3) is 3.57. The van der Waals surface area contributed by atoms with Crippen molar-refractivity contribution in [1.82, 2.24) is 10.1 Å². The molecule has 2 aromatic carbocycles. The fourth-order valence-corrected chi connectivity index (χ4v) is 3.25. The third-order valence-electron chi connectivity index (χ3n) is 4.76. The molecule has 1 aromatic heterocycles. The summed E-state index contributed by atoms with van der Waals surface area (Å²) in [5.74, 6) is 0.379. The van der Waals surface area contributed by atoms with Crippen LogP contribution in [0.2, 0.25) is 0 Å². The highest BCUT2D eigenvalue weighted by Gasteiger charge is 2.25. The number of piperazine rings is 1. The van der Waals surface area contributed by atoms with Gasteiger partial charge in [0.25, 0.3) is 11.6 Å². The Morgan fingerprint density at radius 1 is 1.00 bits per heavy atom. The van der Waals surface area contributed by atoms with E-state index in [1.807, 2.05) is 41.3 Å². The van der Waals surface area contributed by atoms with Gasteiger partial charge in [-0.2, -0.15) is 0 Å². The van der Waals surface area contributed by atoms with E-state index in [0.717, 1.165) is 11.3 Å². The van der Waals surface area contributed by atoms with Gasteiger partial charge in [0, 0.05) is 55.6 Å². The molecular formula is C20H18N4O4. The van der Waals surface area contributed by atoms with Crippen LogP contribution in [-0.4, -0.2) is 47.1 Å². The maximum atomic E-state index is 12.7. The molecule has 0 atom stereocenters. The van der Waals surface area contributed by atoms with E-state index in [1.165, 1.54) is 6.07 Å². The summed E-state index contributed by atoms with van der Waals surface area (Å²) in [5, 5.41) is 14.9. The van der Waals surface area contributed by atoms with Crippen LogP contribution in [0, 0.1) is 10.1 Å². The summed E-state index contributed by atoms with van der Waals surface area (Å²) in [4.78, 5) is 27.0. The number of hydrogen-bond donors (Lipinski definition) is 0. The predicted molar refractivity (Wildman–Crippen MR) is 103 cm³/mol. The van der Waals surface area contributed by atoms with Crippen molar-refractivity contribution in [3.63, 3.8) is 0 Å². The maximum absolute atomic E-state index is 12.7. The van der Waals surface area contributed by atoms with Gasteiger partial charge in [0.05, 0.1) is 4.92 Å². The molecule has 4 rings (SSSR count). The predicted octanol–water partition coefficient (Wildman–Crippen LogP) is 3.21. The lowest BCUT2D eigenvalue weighted by Crippen LogP contribution is -2.48.